The number of hydrogen-bond donors (Lipinski definition) is 1. The highest BCUT2D eigenvalue weighted by Crippen LogP contribution is 2.36. The Hall–Kier alpha value is -2.31. The number of nitrogens with zero attached hydrogens (tertiary/aromatic N) is 1. The van der Waals surface area contributed by atoms with Gasteiger partial charge in [0, 0.05) is 23.6 Å². The van der Waals surface area contributed by atoms with Gasteiger partial charge in [-0.05, 0) is 30.3 Å². The van der Waals surface area contributed by atoms with Gasteiger partial charge < -0.3 is 5.73 Å². The fraction of sp³-hybridized carbons (Fsp3) is 0.167. The van der Waals surface area contributed by atoms with E-state index in [9.17, 15) is 12.8 Å². The van der Waals surface area contributed by atoms with Gasteiger partial charge in [0.2, 0.25) is 0 Å². The zero-order valence-electron chi connectivity index (χ0n) is 13.2. The van der Waals surface area contributed by atoms with E-state index in [2.05, 4.69) is 4.98 Å². The number of hydrogen-bond acceptors (Lipinski definition) is 4. The predicted octanol–water partition coefficient (Wildman–Crippen LogP) is 2.95. The molecule has 0 amide bonds. The summed E-state index contributed by atoms with van der Waals surface area (Å²) in [6.45, 7) is 0.336. The third-order valence-electron chi connectivity index (χ3n) is 3.79. The van der Waals surface area contributed by atoms with E-state index >= 15 is 0 Å². The van der Waals surface area contributed by atoms with Gasteiger partial charge in [-0.2, -0.15) is 0 Å². The van der Waals surface area contributed by atoms with Crippen LogP contribution in [0.1, 0.15) is 5.69 Å². The summed E-state index contributed by atoms with van der Waals surface area (Å²) in [7, 11) is -3.61. The van der Waals surface area contributed by atoms with Crippen molar-refractivity contribution in [3.05, 3.63) is 60.0 Å². The highest BCUT2D eigenvalue weighted by atomic mass is 32.2. The van der Waals surface area contributed by atoms with Crippen molar-refractivity contribution in [1.29, 1.82) is 0 Å². The molecule has 1 aromatic heterocycles. The SMILES string of the molecule is CS(=O)(=O)c1c(-c2ccccc2)c(CCN)nc2ccc(F)cc12. The van der Waals surface area contributed by atoms with Crippen LogP contribution >= 0.6 is 0 Å². The molecule has 0 aliphatic carbocycles. The first kappa shape index (κ1) is 16.5. The lowest BCUT2D eigenvalue weighted by molar-refractivity contribution is 0.602. The Labute approximate surface area is 140 Å². The summed E-state index contributed by atoms with van der Waals surface area (Å²) in [4.78, 5) is 4.64. The molecule has 0 fully saturated rings. The number of rotatable bonds is 4. The minimum Gasteiger partial charge on any atom is -0.330 e. The second-order valence-electron chi connectivity index (χ2n) is 5.60. The fourth-order valence-electron chi connectivity index (χ4n) is 2.86. The van der Waals surface area contributed by atoms with Crippen LogP contribution in [-0.2, 0) is 16.3 Å². The van der Waals surface area contributed by atoms with Gasteiger partial charge in [0.1, 0.15) is 5.82 Å². The molecule has 24 heavy (non-hydrogen) atoms. The van der Waals surface area contributed by atoms with Gasteiger partial charge in [0.25, 0.3) is 0 Å². The van der Waals surface area contributed by atoms with Crippen LogP contribution in [0.15, 0.2) is 53.4 Å². The van der Waals surface area contributed by atoms with Crippen molar-refractivity contribution in [2.45, 2.75) is 11.3 Å². The van der Waals surface area contributed by atoms with E-state index in [-0.39, 0.29) is 10.3 Å². The van der Waals surface area contributed by atoms with Gasteiger partial charge >= 0.3 is 0 Å². The maximum absolute atomic E-state index is 13.7. The van der Waals surface area contributed by atoms with Gasteiger partial charge in [0.05, 0.1) is 16.1 Å². The summed E-state index contributed by atoms with van der Waals surface area (Å²) in [6.07, 6.45) is 1.56. The zero-order chi connectivity index (χ0) is 17.3. The molecule has 4 nitrogen and oxygen atoms in total. The molecule has 0 unspecified atom stereocenters. The summed E-state index contributed by atoms with van der Waals surface area (Å²) >= 11 is 0. The minimum atomic E-state index is -3.61. The maximum Gasteiger partial charge on any atom is 0.176 e. The smallest absolute Gasteiger partial charge is 0.176 e. The van der Waals surface area contributed by atoms with Crippen LogP contribution in [0.25, 0.3) is 22.0 Å². The van der Waals surface area contributed by atoms with Crippen LogP contribution in [-0.4, -0.2) is 26.2 Å². The second kappa shape index (κ2) is 6.30. The lowest BCUT2D eigenvalue weighted by atomic mass is 9.99. The lowest BCUT2D eigenvalue weighted by Crippen LogP contribution is -2.11. The van der Waals surface area contributed by atoms with Crippen LogP contribution in [0, 0.1) is 5.82 Å². The number of halogens is 1. The third-order valence-corrected chi connectivity index (χ3v) is 4.95. The average Bonchev–Trinajstić information content (AvgIpc) is 2.54. The minimum absolute atomic E-state index is 0.0988. The Morgan fingerprint density at radius 2 is 1.83 bits per heavy atom. The first-order valence-electron chi connectivity index (χ1n) is 7.49. The number of fused-ring (bicyclic) bond motifs is 1. The Morgan fingerprint density at radius 1 is 1.12 bits per heavy atom. The molecule has 0 aliphatic rings. The number of sulfone groups is 1. The molecule has 1 heterocycles. The molecule has 0 aliphatic heterocycles. The van der Waals surface area contributed by atoms with Crippen molar-refractivity contribution >= 4 is 20.7 Å². The van der Waals surface area contributed by atoms with Crippen LogP contribution in [0.3, 0.4) is 0 Å². The molecule has 0 atom stereocenters. The van der Waals surface area contributed by atoms with Gasteiger partial charge in [-0.15, -0.1) is 0 Å². The lowest BCUT2D eigenvalue weighted by Gasteiger charge is -2.16. The van der Waals surface area contributed by atoms with Crippen LogP contribution in [0.5, 0.6) is 0 Å². The summed E-state index contributed by atoms with van der Waals surface area (Å²) < 4.78 is 38.8. The molecule has 2 aromatic carbocycles. The Morgan fingerprint density at radius 3 is 2.46 bits per heavy atom. The quantitative estimate of drug-likeness (QED) is 0.790. The largest absolute Gasteiger partial charge is 0.330 e. The van der Waals surface area contributed by atoms with Crippen molar-refractivity contribution in [2.24, 2.45) is 5.73 Å². The molecule has 0 saturated carbocycles. The molecule has 3 rings (SSSR count). The van der Waals surface area contributed by atoms with E-state index in [0.29, 0.717) is 29.7 Å². The zero-order valence-corrected chi connectivity index (χ0v) is 14.0. The molecular formula is C18H17FN2O2S. The highest BCUT2D eigenvalue weighted by molar-refractivity contribution is 7.91. The summed E-state index contributed by atoms with van der Waals surface area (Å²) in [5.41, 5.74) is 7.95. The van der Waals surface area contributed by atoms with Crippen LogP contribution < -0.4 is 5.73 Å². The van der Waals surface area contributed by atoms with Gasteiger partial charge in [0.15, 0.2) is 9.84 Å². The van der Waals surface area contributed by atoms with Crippen molar-refractivity contribution in [3.63, 3.8) is 0 Å². The standard InChI is InChI=1S/C18H17FN2O2S/c1-24(22,23)18-14-11-13(19)7-8-15(14)21-16(9-10-20)17(18)12-5-3-2-4-6-12/h2-8,11H,9-10,20H2,1H3. The van der Waals surface area contributed by atoms with E-state index in [1.54, 1.807) is 0 Å². The summed E-state index contributed by atoms with van der Waals surface area (Å²) in [5, 5.41) is 0.289. The normalized spacial score (nSPS) is 11.8. The van der Waals surface area contributed by atoms with E-state index in [1.807, 2.05) is 30.3 Å². The maximum atomic E-state index is 13.7. The first-order valence-corrected chi connectivity index (χ1v) is 9.38. The number of benzene rings is 2. The number of pyridine rings is 1. The average molecular weight is 344 g/mol. The molecule has 0 radical (unpaired) electrons. The molecule has 0 bridgehead atoms. The van der Waals surface area contributed by atoms with Gasteiger partial charge in [-0.1, -0.05) is 30.3 Å². The van der Waals surface area contributed by atoms with Crippen molar-refractivity contribution in [1.82, 2.24) is 4.98 Å². The van der Waals surface area contributed by atoms with E-state index in [0.717, 1.165) is 11.8 Å². The predicted molar refractivity (Wildman–Crippen MR) is 93.0 cm³/mol. The second-order valence-corrected chi connectivity index (χ2v) is 7.55. The monoisotopic (exact) mass is 344 g/mol. The van der Waals surface area contributed by atoms with Crippen molar-refractivity contribution < 1.29 is 12.8 Å². The molecular weight excluding hydrogens is 327 g/mol. The van der Waals surface area contributed by atoms with E-state index in [1.165, 1.54) is 18.2 Å². The molecule has 2 N–H and O–H groups in total. The first-order chi connectivity index (χ1) is 11.4. The number of nitrogens with two attached hydrogens (primary N) is 1. The van der Waals surface area contributed by atoms with Gasteiger partial charge in [-0.25, -0.2) is 12.8 Å². The molecule has 0 spiro atoms. The Kier molecular flexibility index (Phi) is 4.34. The molecule has 6 heteroatoms. The molecule has 0 saturated heterocycles. The highest BCUT2D eigenvalue weighted by Gasteiger charge is 2.23. The Balaban J connectivity index is 2.52. The van der Waals surface area contributed by atoms with Crippen molar-refractivity contribution in [3.8, 4) is 11.1 Å². The number of aromatic nitrogens is 1. The van der Waals surface area contributed by atoms with E-state index in [4.69, 9.17) is 5.73 Å². The third kappa shape index (κ3) is 3.02. The summed E-state index contributed by atoms with van der Waals surface area (Å²) in [5.74, 6) is -0.500. The van der Waals surface area contributed by atoms with Crippen molar-refractivity contribution in [2.75, 3.05) is 12.8 Å². The fourth-order valence-corrected chi connectivity index (χ4v) is 4.03. The topological polar surface area (TPSA) is 73.0 Å². The molecule has 3 aromatic rings. The summed E-state index contributed by atoms with van der Waals surface area (Å²) in [6, 6.07) is 13.1. The van der Waals surface area contributed by atoms with Crippen LogP contribution in [0.4, 0.5) is 4.39 Å². The molecule has 124 valence electrons. The van der Waals surface area contributed by atoms with E-state index < -0.39 is 15.7 Å². The van der Waals surface area contributed by atoms with Crippen LogP contribution in [0.2, 0.25) is 0 Å². The Bertz CT molecular complexity index is 1000. The van der Waals surface area contributed by atoms with Gasteiger partial charge in [-0.3, -0.25) is 4.98 Å².